The van der Waals surface area contributed by atoms with Gasteiger partial charge in [0, 0.05) is 16.7 Å². The van der Waals surface area contributed by atoms with E-state index in [9.17, 15) is 9.59 Å². The maximum Gasteiger partial charge on any atom is 0.222 e. The van der Waals surface area contributed by atoms with Crippen molar-refractivity contribution in [2.45, 2.75) is 21.1 Å². The molecule has 1 aromatic rings. The summed E-state index contributed by atoms with van der Waals surface area (Å²) in [6, 6.07) is 9.36. The molecule has 0 saturated heterocycles. The minimum atomic E-state index is -1.46. The molecule has 0 heterocycles. The van der Waals surface area contributed by atoms with Crippen LogP contribution in [0.4, 0.5) is 0 Å². The molecule has 0 unspecified atom stereocenters. The minimum Gasteiger partial charge on any atom is -0.492 e. The first-order chi connectivity index (χ1) is 11.4. The third kappa shape index (κ3) is 1.82. The summed E-state index contributed by atoms with van der Waals surface area (Å²) in [5.41, 5.74) is 0. The number of fused-ring (bicyclic) bond motifs is 5. The molecular weight excluding hydrogens is 367 g/mol. The van der Waals surface area contributed by atoms with Crippen molar-refractivity contribution in [2.75, 3.05) is 7.11 Å². The van der Waals surface area contributed by atoms with E-state index in [1.54, 1.807) is 0 Å². The van der Waals surface area contributed by atoms with Crippen LogP contribution in [0.3, 0.4) is 0 Å². The Labute approximate surface area is 154 Å². The van der Waals surface area contributed by atoms with Crippen LogP contribution < -0.4 is 0 Å². The molecule has 1 aromatic carbocycles. The Kier molecular flexibility index (Phi) is 3.64. The van der Waals surface area contributed by atoms with Crippen LogP contribution in [0.2, 0.25) is 0 Å². The second-order valence-electron chi connectivity index (χ2n) is 6.19. The zero-order valence-corrected chi connectivity index (χ0v) is 15.1. The molecule has 0 aliphatic heterocycles. The van der Waals surface area contributed by atoms with Crippen LogP contribution in [0.1, 0.15) is 6.42 Å². The van der Waals surface area contributed by atoms with Crippen LogP contribution in [0.5, 0.6) is 0 Å². The molecule has 0 spiro atoms. The number of carbonyl (C=O) groups excluding carboxylic acids is 2. The Balaban J connectivity index is 1.86. The van der Waals surface area contributed by atoms with Gasteiger partial charge in [-0.25, -0.2) is 0 Å². The fraction of sp³-hybridized carbons (Fsp3) is 0.333. The van der Waals surface area contributed by atoms with Crippen molar-refractivity contribution in [2.24, 2.45) is 11.8 Å². The summed E-state index contributed by atoms with van der Waals surface area (Å²) in [5, 5.41) is 0. The van der Waals surface area contributed by atoms with Crippen molar-refractivity contribution in [3.05, 3.63) is 53.1 Å². The first-order valence-electron chi connectivity index (χ1n) is 7.61. The van der Waals surface area contributed by atoms with Crippen molar-refractivity contribution in [1.82, 2.24) is 0 Å². The number of allylic oxidation sites excluding steroid dienone is 4. The van der Waals surface area contributed by atoms with Gasteiger partial charge in [-0.05, 0) is 18.6 Å². The number of ketones is 2. The summed E-state index contributed by atoms with van der Waals surface area (Å²) >= 11 is 14.7. The predicted molar refractivity (Wildman–Crippen MR) is 94.3 cm³/mol. The number of carbonyl (C=O) groups is 2. The molecule has 3 nitrogen and oxygen atoms in total. The normalized spacial score (nSPS) is 37.1. The van der Waals surface area contributed by atoms with Crippen LogP contribution in [-0.4, -0.2) is 28.4 Å². The lowest BCUT2D eigenvalue weighted by Gasteiger charge is -2.44. The molecule has 4 rings (SSSR count). The van der Waals surface area contributed by atoms with Gasteiger partial charge in [-0.3, -0.25) is 9.59 Å². The van der Waals surface area contributed by atoms with Crippen molar-refractivity contribution in [1.29, 1.82) is 0 Å². The number of hydrogen-bond donors (Lipinski definition) is 0. The number of ether oxygens (including phenoxy) is 1. The van der Waals surface area contributed by atoms with Gasteiger partial charge < -0.3 is 4.74 Å². The average Bonchev–Trinajstić information content (AvgIpc) is 3.16. The van der Waals surface area contributed by atoms with Crippen molar-refractivity contribution < 1.29 is 14.3 Å². The highest BCUT2D eigenvalue weighted by Gasteiger charge is 2.75. The lowest BCUT2D eigenvalue weighted by Crippen LogP contribution is -2.62. The van der Waals surface area contributed by atoms with Gasteiger partial charge in [-0.1, -0.05) is 42.1 Å². The fourth-order valence-electron chi connectivity index (χ4n) is 3.92. The number of thioether (sulfide) groups is 1. The van der Waals surface area contributed by atoms with Crippen molar-refractivity contribution in [3.63, 3.8) is 0 Å². The van der Waals surface area contributed by atoms with Crippen LogP contribution in [0, 0.1) is 11.8 Å². The van der Waals surface area contributed by atoms with Gasteiger partial charge in [0.25, 0.3) is 0 Å². The maximum atomic E-state index is 13.3. The number of methoxy groups -OCH3 is 1. The molecule has 124 valence electrons. The van der Waals surface area contributed by atoms with E-state index in [0.29, 0.717) is 6.42 Å². The van der Waals surface area contributed by atoms with E-state index in [1.807, 2.05) is 42.5 Å². The van der Waals surface area contributed by atoms with E-state index >= 15 is 0 Å². The van der Waals surface area contributed by atoms with E-state index < -0.39 is 15.5 Å². The van der Waals surface area contributed by atoms with Crippen molar-refractivity contribution in [3.8, 4) is 0 Å². The molecule has 24 heavy (non-hydrogen) atoms. The van der Waals surface area contributed by atoms with E-state index in [1.165, 1.54) is 18.9 Å². The topological polar surface area (TPSA) is 43.4 Å². The molecular formula is C18H14Cl2O3S. The standard InChI is InChI=1S/C18H14Cl2O3S/c1-23-13-14(24-12-5-3-2-4-6-12)16(22)18(20)11-8-7-10(9-11)17(18,19)15(13)21/h2-8,10-11H,9H2,1H3/t10-,11+,17-,18+/m1/s1. The molecule has 4 atom stereocenters. The second-order valence-corrected chi connectivity index (χ2v) is 8.47. The van der Waals surface area contributed by atoms with Gasteiger partial charge in [0.05, 0.1) is 7.11 Å². The lowest BCUT2D eigenvalue weighted by molar-refractivity contribution is -0.130. The number of alkyl halides is 2. The molecule has 3 aliphatic rings. The zero-order valence-electron chi connectivity index (χ0n) is 12.8. The summed E-state index contributed by atoms with van der Waals surface area (Å²) in [6.07, 6.45) is 4.42. The quantitative estimate of drug-likeness (QED) is 0.588. The van der Waals surface area contributed by atoms with Gasteiger partial charge >= 0.3 is 0 Å². The Morgan fingerprint density at radius 2 is 1.62 bits per heavy atom. The van der Waals surface area contributed by atoms with Crippen LogP contribution in [0.15, 0.2) is 58.0 Å². The fourth-order valence-corrected chi connectivity index (χ4v) is 5.98. The molecule has 0 N–H and O–H groups in total. The van der Waals surface area contributed by atoms with Crippen molar-refractivity contribution >= 4 is 46.5 Å². The van der Waals surface area contributed by atoms with Gasteiger partial charge in [-0.15, -0.1) is 23.2 Å². The van der Waals surface area contributed by atoms with Gasteiger partial charge in [-0.2, -0.15) is 0 Å². The van der Waals surface area contributed by atoms with Gasteiger partial charge in [0.15, 0.2) is 11.5 Å². The number of Topliss-reactive ketones (excluding diaryl/α,β-unsaturated/α-hetero) is 2. The highest BCUT2D eigenvalue weighted by Crippen LogP contribution is 2.64. The zero-order chi connectivity index (χ0) is 17.1. The van der Waals surface area contributed by atoms with Crippen LogP contribution in [0.25, 0.3) is 0 Å². The smallest absolute Gasteiger partial charge is 0.222 e. The van der Waals surface area contributed by atoms with Gasteiger partial charge in [0.2, 0.25) is 5.78 Å². The Morgan fingerprint density at radius 1 is 1.04 bits per heavy atom. The minimum absolute atomic E-state index is 0.0149. The van der Waals surface area contributed by atoms with Gasteiger partial charge in [0.1, 0.15) is 14.7 Å². The molecule has 3 aliphatic carbocycles. The average molecular weight is 381 g/mol. The third-order valence-corrected chi connectivity index (χ3v) is 7.76. The number of benzene rings is 1. The third-order valence-electron chi connectivity index (χ3n) is 5.08. The molecule has 0 radical (unpaired) electrons. The first kappa shape index (κ1) is 16.2. The van der Waals surface area contributed by atoms with E-state index in [4.69, 9.17) is 27.9 Å². The molecule has 6 heteroatoms. The highest BCUT2D eigenvalue weighted by atomic mass is 35.5. The largest absolute Gasteiger partial charge is 0.492 e. The predicted octanol–water partition coefficient (Wildman–Crippen LogP) is 3.95. The monoisotopic (exact) mass is 380 g/mol. The Bertz CT molecular complexity index is 804. The number of hydrogen-bond acceptors (Lipinski definition) is 4. The molecule has 0 aromatic heterocycles. The maximum absolute atomic E-state index is 13.3. The summed E-state index contributed by atoms with van der Waals surface area (Å²) in [7, 11) is 1.39. The van der Waals surface area contributed by atoms with Crippen LogP contribution in [-0.2, 0) is 14.3 Å². The number of rotatable bonds is 3. The SMILES string of the molecule is COC1=C(Sc2ccccc2)C(=O)[C@@]2(Cl)[C@H]3C=C[C@H](C3)[C@@]2(Cl)C1=O. The summed E-state index contributed by atoms with van der Waals surface area (Å²) in [4.78, 5) is 24.6. The molecule has 1 fully saturated rings. The Hall–Kier alpha value is -1.23. The van der Waals surface area contributed by atoms with E-state index in [2.05, 4.69) is 0 Å². The summed E-state index contributed by atoms with van der Waals surface area (Å²) < 4.78 is 5.31. The molecule has 2 bridgehead atoms. The van der Waals surface area contributed by atoms with E-state index in [0.717, 1.165) is 4.90 Å². The van der Waals surface area contributed by atoms with Crippen LogP contribution >= 0.6 is 35.0 Å². The Morgan fingerprint density at radius 3 is 2.21 bits per heavy atom. The van der Waals surface area contributed by atoms with E-state index in [-0.39, 0.29) is 28.3 Å². The first-order valence-corrected chi connectivity index (χ1v) is 9.18. The molecule has 0 amide bonds. The summed E-state index contributed by atoms with van der Waals surface area (Å²) in [5.74, 6) is -1.17. The molecule has 1 saturated carbocycles. The lowest BCUT2D eigenvalue weighted by atomic mass is 9.72. The number of halogens is 2. The summed E-state index contributed by atoms with van der Waals surface area (Å²) in [6.45, 7) is 0. The highest BCUT2D eigenvalue weighted by molar-refractivity contribution is 8.04. The second kappa shape index (κ2) is 5.38.